The van der Waals surface area contributed by atoms with Crippen LogP contribution in [-0.4, -0.2) is 16.7 Å². The molecule has 1 aromatic heterocycles. The van der Waals surface area contributed by atoms with Gasteiger partial charge in [0.15, 0.2) is 0 Å². The first-order valence-electron chi connectivity index (χ1n) is 12.8. The Morgan fingerprint density at radius 1 is 0.824 bits per heavy atom. The van der Waals surface area contributed by atoms with Crippen molar-refractivity contribution in [2.45, 2.75) is 84.0 Å². The van der Waals surface area contributed by atoms with E-state index in [1.807, 2.05) is 24.3 Å². The van der Waals surface area contributed by atoms with Gasteiger partial charge in [-0.3, -0.25) is 9.59 Å². The first-order chi connectivity index (χ1) is 16.6. The second-order valence-electron chi connectivity index (χ2n) is 9.09. The molecule has 0 saturated heterocycles. The van der Waals surface area contributed by atoms with Crippen molar-refractivity contribution >= 4 is 39.9 Å². The van der Waals surface area contributed by atoms with Gasteiger partial charge in [0.05, 0.1) is 5.69 Å². The fourth-order valence-electron chi connectivity index (χ4n) is 4.36. The Kier molecular flexibility index (Phi) is 10.7. The fourth-order valence-corrected chi connectivity index (χ4v) is 4.53. The van der Waals surface area contributed by atoms with Crippen molar-refractivity contribution in [1.29, 1.82) is 0 Å². The lowest BCUT2D eigenvalue weighted by Gasteiger charge is -2.08. The summed E-state index contributed by atoms with van der Waals surface area (Å²) < 4.78 is 0. The highest BCUT2D eigenvalue weighted by molar-refractivity contribution is 6.31. The van der Waals surface area contributed by atoms with Crippen LogP contribution in [0.3, 0.4) is 0 Å². The van der Waals surface area contributed by atoms with Crippen molar-refractivity contribution in [3.8, 4) is 0 Å². The third-order valence-corrected chi connectivity index (χ3v) is 6.53. The van der Waals surface area contributed by atoms with Crippen LogP contribution in [0.25, 0.3) is 10.9 Å². The fraction of sp³-hybridized carbons (Fsp3) is 0.448. The van der Waals surface area contributed by atoms with Gasteiger partial charge in [0.1, 0.15) is 5.69 Å². The molecule has 0 radical (unpaired) electrons. The predicted molar refractivity (Wildman–Crippen MR) is 143 cm³/mol. The standard InChI is InChI=1S/C29H37ClN2O2/c1-2-3-4-5-6-7-8-9-10-11-15-18-26(33)32-27-24-20-19-23(30)21-25(24)31-28(27)29(34)22-16-13-12-14-17-22/h12-14,16-17,19-21,31H,2-11,15,18H2,1H3,(H,32,33). The number of nitrogens with one attached hydrogen (secondary N) is 2. The van der Waals surface area contributed by atoms with E-state index in [1.165, 1.54) is 57.8 Å². The maximum Gasteiger partial charge on any atom is 0.224 e. The number of carbonyl (C=O) groups is 2. The summed E-state index contributed by atoms with van der Waals surface area (Å²) in [6.07, 6.45) is 14.1. The summed E-state index contributed by atoms with van der Waals surface area (Å²) in [6, 6.07) is 14.5. The normalized spacial score (nSPS) is 11.1. The number of hydrogen-bond acceptors (Lipinski definition) is 2. The number of hydrogen-bond donors (Lipinski definition) is 2. The van der Waals surface area contributed by atoms with E-state index in [2.05, 4.69) is 17.2 Å². The third kappa shape index (κ3) is 7.73. The molecule has 34 heavy (non-hydrogen) atoms. The van der Waals surface area contributed by atoms with E-state index in [1.54, 1.807) is 24.3 Å². The lowest BCUT2D eigenvalue weighted by Crippen LogP contribution is -2.14. The molecule has 0 fully saturated rings. The summed E-state index contributed by atoms with van der Waals surface area (Å²) in [4.78, 5) is 29.0. The highest BCUT2D eigenvalue weighted by Gasteiger charge is 2.21. The molecule has 3 aromatic rings. The number of halogens is 1. The second kappa shape index (κ2) is 14.0. The lowest BCUT2D eigenvalue weighted by molar-refractivity contribution is -0.116. The first-order valence-corrected chi connectivity index (χ1v) is 13.2. The number of aromatic nitrogens is 1. The zero-order valence-electron chi connectivity index (χ0n) is 20.3. The van der Waals surface area contributed by atoms with E-state index in [-0.39, 0.29) is 11.7 Å². The van der Waals surface area contributed by atoms with E-state index in [9.17, 15) is 9.59 Å². The SMILES string of the molecule is CCCCCCCCCCCCCC(=O)Nc1c(C(=O)c2ccccc2)[nH]c2cc(Cl)ccc12. The van der Waals surface area contributed by atoms with Crippen molar-refractivity contribution in [3.05, 3.63) is 64.8 Å². The van der Waals surface area contributed by atoms with E-state index in [4.69, 9.17) is 11.6 Å². The highest BCUT2D eigenvalue weighted by atomic mass is 35.5. The Morgan fingerprint density at radius 2 is 1.44 bits per heavy atom. The molecular weight excluding hydrogens is 444 g/mol. The van der Waals surface area contributed by atoms with Crippen molar-refractivity contribution in [2.75, 3.05) is 5.32 Å². The van der Waals surface area contributed by atoms with Crippen molar-refractivity contribution < 1.29 is 9.59 Å². The van der Waals surface area contributed by atoms with Crippen LogP contribution < -0.4 is 5.32 Å². The molecule has 0 saturated carbocycles. The molecule has 0 aliphatic heterocycles. The summed E-state index contributed by atoms with van der Waals surface area (Å²) in [7, 11) is 0. The minimum atomic E-state index is -0.155. The monoisotopic (exact) mass is 480 g/mol. The van der Waals surface area contributed by atoms with Gasteiger partial charge in [-0.1, -0.05) is 113 Å². The van der Waals surface area contributed by atoms with Crippen LogP contribution in [0, 0.1) is 0 Å². The summed E-state index contributed by atoms with van der Waals surface area (Å²) in [5.41, 5.74) is 2.22. The Balaban J connectivity index is 1.51. The van der Waals surface area contributed by atoms with Crippen LogP contribution in [-0.2, 0) is 4.79 Å². The number of ketones is 1. The van der Waals surface area contributed by atoms with Gasteiger partial charge in [-0.05, 0) is 24.6 Å². The Labute approximate surface area is 208 Å². The molecule has 1 amide bonds. The number of unbranched alkanes of at least 4 members (excludes halogenated alkanes) is 10. The molecule has 0 unspecified atom stereocenters. The zero-order chi connectivity index (χ0) is 24.2. The van der Waals surface area contributed by atoms with Crippen LogP contribution in [0.15, 0.2) is 48.5 Å². The van der Waals surface area contributed by atoms with Gasteiger partial charge in [0.2, 0.25) is 11.7 Å². The summed E-state index contributed by atoms with van der Waals surface area (Å²) in [6.45, 7) is 2.25. The van der Waals surface area contributed by atoms with Gasteiger partial charge in [-0.2, -0.15) is 0 Å². The maximum absolute atomic E-state index is 13.1. The molecule has 2 aromatic carbocycles. The molecule has 0 spiro atoms. The molecule has 0 bridgehead atoms. The van der Waals surface area contributed by atoms with Crippen LogP contribution in [0.5, 0.6) is 0 Å². The minimum Gasteiger partial charge on any atom is -0.350 e. The lowest BCUT2D eigenvalue weighted by atomic mass is 10.0. The molecule has 2 N–H and O–H groups in total. The first kappa shape index (κ1) is 26.0. The minimum absolute atomic E-state index is 0.0612. The number of aromatic amines is 1. The Hall–Kier alpha value is -2.59. The zero-order valence-corrected chi connectivity index (χ0v) is 21.1. The highest BCUT2D eigenvalue weighted by Crippen LogP contribution is 2.31. The quantitative estimate of drug-likeness (QED) is 0.169. The maximum atomic E-state index is 13.1. The van der Waals surface area contributed by atoms with Gasteiger partial charge < -0.3 is 10.3 Å². The number of H-pyrrole nitrogens is 1. The molecule has 4 nitrogen and oxygen atoms in total. The van der Waals surface area contributed by atoms with E-state index < -0.39 is 0 Å². The largest absolute Gasteiger partial charge is 0.350 e. The van der Waals surface area contributed by atoms with Gasteiger partial charge in [-0.25, -0.2) is 0 Å². The van der Waals surface area contributed by atoms with Gasteiger partial charge in [0.25, 0.3) is 0 Å². The number of fused-ring (bicyclic) bond motifs is 1. The van der Waals surface area contributed by atoms with E-state index in [0.717, 1.165) is 23.7 Å². The molecule has 182 valence electrons. The number of carbonyl (C=O) groups excluding carboxylic acids is 2. The number of amides is 1. The molecule has 3 rings (SSSR count). The number of benzene rings is 2. The third-order valence-electron chi connectivity index (χ3n) is 6.30. The Bertz CT molecular complexity index is 1060. The van der Waals surface area contributed by atoms with Gasteiger partial charge >= 0.3 is 0 Å². The average molecular weight is 481 g/mol. The molecular formula is C29H37ClN2O2. The molecule has 0 aliphatic rings. The molecule has 0 atom stereocenters. The van der Waals surface area contributed by atoms with Crippen LogP contribution >= 0.6 is 11.6 Å². The van der Waals surface area contributed by atoms with Crippen molar-refractivity contribution in [2.24, 2.45) is 0 Å². The van der Waals surface area contributed by atoms with Crippen LogP contribution in [0.2, 0.25) is 5.02 Å². The van der Waals surface area contributed by atoms with Crippen molar-refractivity contribution in [3.63, 3.8) is 0 Å². The number of anilines is 1. The van der Waals surface area contributed by atoms with E-state index in [0.29, 0.717) is 28.4 Å². The van der Waals surface area contributed by atoms with E-state index >= 15 is 0 Å². The van der Waals surface area contributed by atoms with Crippen LogP contribution in [0.4, 0.5) is 5.69 Å². The molecule has 0 aliphatic carbocycles. The van der Waals surface area contributed by atoms with Crippen LogP contribution in [0.1, 0.15) is 100 Å². The summed E-state index contributed by atoms with van der Waals surface area (Å²) in [5.74, 6) is -0.216. The van der Waals surface area contributed by atoms with Gasteiger partial charge in [0, 0.05) is 27.9 Å². The number of rotatable bonds is 15. The van der Waals surface area contributed by atoms with Gasteiger partial charge in [-0.15, -0.1) is 0 Å². The summed E-state index contributed by atoms with van der Waals surface area (Å²) in [5, 5.41) is 4.37. The summed E-state index contributed by atoms with van der Waals surface area (Å²) >= 11 is 6.15. The Morgan fingerprint density at radius 3 is 2.09 bits per heavy atom. The molecule has 1 heterocycles. The van der Waals surface area contributed by atoms with Crippen molar-refractivity contribution in [1.82, 2.24) is 4.98 Å². The smallest absolute Gasteiger partial charge is 0.224 e. The average Bonchev–Trinajstić information content (AvgIpc) is 3.19. The predicted octanol–water partition coefficient (Wildman–Crippen LogP) is 8.69. The topological polar surface area (TPSA) is 62.0 Å². The second-order valence-corrected chi connectivity index (χ2v) is 9.53. The molecule has 5 heteroatoms.